The van der Waals surface area contributed by atoms with Crippen LogP contribution in [0.5, 0.6) is 5.75 Å². The number of hydrogen-bond acceptors (Lipinski definition) is 6. The highest BCUT2D eigenvalue weighted by Crippen LogP contribution is 2.39. The molecule has 2 aliphatic rings. The molecule has 30 heavy (non-hydrogen) atoms. The van der Waals surface area contributed by atoms with Crippen molar-refractivity contribution >= 4 is 16.9 Å². The molecule has 156 valence electrons. The van der Waals surface area contributed by atoms with Gasteiger partial charge >= 0.3 is 5.97 Å². The SMILES string of the molecule is CC.CCc1c2c(nc3ccc(O)cc13)-c1cc3c(c(=O)n1C2)COC(=O)C3OC. The Morgan fingerprint density at radius 2 is 2.00 bits per heavy atom. The number of hydrogen-bond donors (Lipinski definition) is 1. The van der Waals surface area contributed by atoms with Gasteiger partial charge in [0.05, 0.1) is 29.0 Å². The number of nitrogens with zero attached hydrogens (tertiary/aromatic N) is 2. The summed E-state index contributed by atoms with van der Waals surface area (Å²) in [6.45, 7) is 6.40. The molecule has 0 aliphatic carbocycles. The lowest BCUT2D eigenvalue weighted by atomic mass is 9.97. The summed E-state index contributed by atoms with van der Waals surface area (Å²) >= 11 is 0. The van der Waals surface area contributed by atoms with Crippen LogP contribution in [0.1, 0.15) is 49.1 Å². The minimum Gasteiger partial charge on any atom is -0.508 e. The summed E-state index contributed by atoms with van der Waals surface area (Å²) in [6.07, 6.45) is -0.162. The van der Waals surface area contributed by atoms with Crippen molar-refractivity contribution in [1.29, 1.82) is 0 Å². The molecule has 1 atom stereocenters. The maximum Gasteiger partial charge on any atom is 0.340 e. The number of ether oxygens (including phenoxy) is 2. The second-order valence-corrected chi connectivity index (χ2v) is 7.05. The Kier molecular flexibility index (Phi) is 5.07. The zero-order valence-electron chi connectivity index (χ0n) is 17.5. The molecule has 2 aromatic heterocycles. The quantitative estimate of drug-likeness (QED) is 0.511. The number of fused-ring (bicyclic) bond motifs is 5. The molecular formula is C23H24N2O5. The summed E-state index contributed by atoms with van der Waals surface area (Å²) in [5.74, 6) is -0.306. The van der Waals surface area contributed by atoms with Gasteiger partial charge in [0.2, 0.25) is 0 Å². The standard InChI is InChI=1S/C21H18N2O5.C2H6/c1-3-11-12-6-10(24)4-5-16(12)22-18-14(11)8-23-17(18)7-13-15(20(23)25)9-28-21(26)19(13)27-2;1-2/h4-7,19,24H,3,8-9H2,1-2H3;1-2H3. The highest BCUT2D eigenvalue weighted by Gasteiger charge is 2.35. The van der Waals surface area contributed by atoms with E-state index in [0.29, 0.717) is 23.4 Å². The topological polar surface area (TPSA) is 90.7 Å². The molecule has 0 saturated carbocycles. The summed E-state index contributed by atoms with van der Waals surface area (Å²) in [7, 11) is 1.42. The second-order valence-electron chi connectivity index (χ2n) is 7.05. The van der Waals surface area contributed by atoms with Crippen LogP contribution < -0.4 is 5.56 Å². The number of phenolic OH excluding ortho intramolecular Hbond substituents is 1. The van der Waals surface area contributed by atoms with Crippen LogP contribution in [-0.2, 0) is 33.8 Å². The molecule has 1 unspecified atom stereocenters. The fraction of sp³-hybridized carbons (Fsp3) is 0.348. The van der Waals surface area contributed by atoms with Gasteiger partial charge < -0.3 is 19.1 Å². The molecule has 0 bridgehead atoms. The first kappa shape index (κ1) is 20.1. The van der Waals surface area contributed by atoms with E-state index in [1.54, 1.807) is 22.8 Å². The van der Waals surface area contributed by atoms with Gasteiger partial charge in [0.15, 0.2) is 6.10 Å². The van der Waals surface area contributed by atoms with Crippen molar-refractivity contribution in [1.82, 2.24) is 9.55 Å². The fourth-order valence-corrected chi connectivity index (χ4v) is 4.31. The number of aromatic nitrogens is 2. The lowest BCUT2D eigenvalue weighted by Gasteiger charge is -2.24. The Labute approximate surface area is 173 Å². The maximum atomic E-state index is 13.1. The normalized spacial score (nSPS) is 16.3. The molecular weight excluding hydrogens is 384 g/mol. The van der Waals surface area contributed by atoms with Crippen LogP contribution in [0.2, 0.25) is 0 Å². The van der Waals surface area contributed by atoms with Gasteiger partial charge in [-0.1, -0.05) is 20.8 Å². The fourth-order valence-electron chi connectivity index (χ4n) is 4.31. The van der Waals surface area contributed by atoms with Crippen LogP contribution in [-0.4, -0.2) is 27.7 Å². The predicted octanol–water partition coefficient (Wildman–Crippen LogP) is 3.46. The predicted molar refractivity (Wildman–Crippen MR) is 112 cm³/mol. The molecule has 7 heteroatoms. The van der Waals surface area contributed by atoms with E-state index in [0.717, 1.165) is 34.1 Å². The summed E-state index contributed by atoms with van der Waals surface area (Å²) < 4.78 is 12.1. The van der Waals surface area contributed by atoms with E-state index in [9.17, 15) is 14.7 Å². The van der Waals surface area contributed by atoms with E-state index in [4.69, 9.17) is 14.5 Å². The Morgan fingerprint density at radius 1 is 1.23 bits per heavy atom. The van der Waals surface area contributed by atoms with Crippen molar-refractivity contribution < 1.29 is 19.4 Å². The molecule has 0 fully saturated rings. The monoisotopic (exact) mass is 408 g/mol. The number of benzene rings is 1. The molecule has 0 amide bonds. The number of pyridine rings is 2. The van der Waals surface area contributed by atoms with E-state index >= 15 is 0 Å². The molecule has 3 aromatic rings. The highest BCUT2D eigenvalue weighted by atomic mass is 16.6. The largest absolute Gasteiger partial charge is 0.508 e. The number of methoxy groups -OCH3 is 1. The summed E-state index contributed by atoms with van der Waals surface area (Å²) in [5.41, 5.74) is 5.03. The van der Waals surface area contributed by atoms with E-state index in [1.807, 2.05) is 26.8 Å². The number of rotatable bonds is 2. The number of aryl methyl sites for hydroxylation is 1. The van der Waals surface area contributed by atoms with Crippen LogP contribution >= 0.6 is 0 Å². The summed E-state index contributed by atoms with van der Waals surface area (Å²) in [4.78, 5) is 30.0. The second kappa shape index (κ2) is 7.57. The van der Waals surface area contributed by atoms with E-state index in [2.05, 4.69) is 0 Å². The molecule has 5 rings (SSSR count). The van der Waals surface area contributed by atoms with Gasteiger partial charge in [0.25, 0.3) is 5.56 Å². The number of carbonyl (C=O) groups is 1. The van der Waals surface area contributed by atoms with Crippen LogP contribution in [0.25, 0.3) is 22.3 Å². The minimum atomic E-state index is -0.908. The van der Waals surface area contributed by atoms with E-state index < -0.39 is 12.1 Å². The first-order valence-corrected chi connectivity index (χ1v) is 10.1. The number of carbonyl (C=O) groups excluding carboxylic acids is 1. The van der Waals surface area contributed by atoms with Gasteiger partial charge in [0.1, 0.15) is 12.4 Å². The molecule has 2 aliphatic heterocycles. The molecule has 7 nitrogen and oxygen atoms in total. The van der Waals surface area contributed by atoms with Crippen molar-refractivity contribution in [2.75, 3.05) is 7.11 Å². The first-order chi connectivity index (χ1) is 14.5. The Bertz CT molecular complexity index is 1230. The summed E-state index contributed by atoms with van der Waals surface area (Å²) in [6, 6.07) is 6.92. The number of aromatic hydroxyl groups is 1. The van der Waals surface area contributed by atoms with Gasteiger partial charge in [-0.3, -0.25) is 4.79 Å². The zero-order valence-corrected chi connectivity index (χ0v) is 17.5. The van der Waals surface area contributed by atoms with Crippen molar-refractivity contribution in [3.63, 3.8) is 0 Å². The molecule has 4 heterocycles. The number of cyclic esters (lactones) is 1. The summed E-state index contributed by atoms with van der Waals surface area (Å²) in [5, 5.41) is 10.8. The molecule has 1 aromatic carbocycles. The molecule has 0 spiro atoms. The van der Waals surface area contributed by atoms with Crippen molar-refractivity contribution in [2.45, 2.75) is 46.4 Å². The first-order valence-electron chi connectivity index (χ1n) is 10.1. The van der Waals surface area contributed by atoms with Crippen molar-refractivity contribution in [3.8, 4) is 17.1 Å². The average molecular weight is 408 g/mol. The van der Waals surface area contributed by atoms with Gasteiger partial charge in [-0.05, 0) is 36.2 Å². The van der Waals surface area contributed by atoms with Crippen molar-refractivity contribution in [3.05, 3.63) is 56.9 Å². The third-order valence-electron chi connectivity index (χ3n) is 5.63. The van der Waals surface area contributed by atoms with Crippen LogP contribution in [0.15, 0.2) is 29.1 Å². The van der Waals surface area contributed by atoms with Gasteiger partial charge in [-0.2, -0.15) is 0 Å². The van der Waals surface area contributed by atoms with Crippen LogP contribution in [0.3, 0.4) is 0 Å². The Hall–Kier alpha value is -3.19. The molecule has 1 N–H and O–H groups in total. The van der Waals surface area contributed by atoms with Crippen LogP contribution in [0, 0.1) is 0 Å². The molecule has 0 saturated heterocycles. The maximum absolute atomic E-state index is 13.1. The van der Waals surface area contributed by atoms with E-state index in [1.165, 1.54) is 7.11 Å². The van der Waals surface area contributed by atoms with E-state index in [-0.39, 0.29) is 17.9 Å². The third kappa shape index (κ3) is 2.81. The smallest absolute Gasteiger partial charge is 0.340 e. The van der Waals surface area contributed by atoms with Crippen LogP contribution in [0.4, 0.5) is 0 Å². The number of phenols is 1. The van der Waals surface area contributed by atoms with Gasteiger partial charge in [-0.25, -0.2) is 9.78 Å². The lowest BCUT2D eigenvalue weighted by molar-refractivity contribution is -0.159. The number of esters is 1. The van der Waals surface area contributed by atoms with Crippen molar-refractivity contribution in [2.24, 2.45) is 0 Å². The Balaban J connectivity index is 0.00000106. The van der Waals surface area contributed by atoms with Gasteiger partial charge in [0, 0.05) is 23.6 Å². The van der Waals surface area contributed by atoms with Gasteiger partial charge in [-0.15, -0.1) is 0 Å². The zero-order chi connectivity index (χ0) is 21.6. The lowest BCUT2D eigenvalue weighted by Crippen LogP contribution is -2.33. The molecule has 0 radical (unpaired) electrons. The average Bonchev–Trinajstić information content (AvgIpc) is 3.12. The third-order valence-corrected chi connectivity index (χ3v) is 5.63. The minimum absolute atomic E-state index is 0.0482. The highest BCUT2D eigenvalue weighted by molar-refractivity contribution is 5.89. The Morgan fingerprint density at radius 3 is 2.70 bits per heavy atom.